The lowest BCUT2D eigenvalue weighted by molar-refractivity contribution is 0.594. The molecule has 2 rings (SSSR count). The summed E-state index contributed by atoms with van der Waals surface area (Å²) >= 11 is 1.72. The highest BCUT2D eigenvalue weighted by Gasteiger charge is 2.13. The number of hydrogen-bond donors (Lipinski definition) is 2. The predicted octanol–water partition coefficient (Wildman–Crippen LogP) is 2.20. The summed E-state index contributed by atoms with van der Waals surface area (Å²) in [7, 11) is -1.60. The third-order valence-corrected chi connectivity index (χ3v) is 5.95. The van der Waals surface area contributed by atoms with Crippen molar-refractivity contribution in [2.45, 2.75) is 18.4 Å². The fourth-order valence-corrected chi connectivity index (χ4v) is 4.03. The topological polar surface area (TPSA) is 70.6 Å². The Labute approximate surface area is 141 Å². The van der Waals surface area contributed by atoms with Crippen LogP contribution in [0, 0.1) is 6.92 Å². The van der Waals surface area contributed by atoms with E-state index in [2.05, 4.69) is 34.7 Å². The van der Waals surface area contributed by atoms with Gasteiger partial charge in [-0.2, -0.15) is 0 Å². The first-order valence-corrected chi connectivity index (χ1v) is 9.76. The Morgan fingerprint density at radius 2 is 1.87 bits per heavy atom. The molecule has 0 saturated heterocycles. The lowest BCUT2D eigenvalue weighted by atomic mass is 10.4. The van der Waals surface area contributed by atoms with Gasteiger partial charge in [-0.1, -0.05) is 18.2 Å². The molecule has 0 saturated carbocycles. The number of aliphatic imine (C=N–C) groups is 1. The molecule has 0 aliphatic carbocycles. The molecule has 0 spiro atoms. The Balaban J connectivity index is 1.82. The van der Waals surface area contributed by atoms with Crippen LogP contribution < -0.4 is 10.6 Å². The Hall–Kier alpha value is -1.86. The first kappa shape index (κ1) is 17.5. The summed E-state index contributed by atoms with van der Waals surface area (Å²) in [6, 6.07) is 12.6. The second-order valence-corrected chi connectivity index (χ2v) is 8.48. The fourth-order valence-electron chi connectivity index (χ4n) is 2.02. The average molecular weight is 351 g/mol. The molecule has 1 aromatic carbocycles. The maximum atomic E-state index is 12.2. The number of aryl methyl sites for hydroxylation is 1. The van der Waals surface area contributed by atoms with Gasteiger partial charge in [0.25, 0.3) is 0 Å². The van der Waals surface area contributed by atoms with Crippen molar-refractivity contribution in [2.75, 3.05) is 19.3 Å². The molecule has 1 heterocycles. The van der Waals surface area contributed by atoms with Crippen molar-refractivity contribution in [3.8, 4) is 0 Å². The maximum absolute atomic E-state index is 12.2. The first-order chi connectivity index (χ1) is 11.0. The average Bonchev–Trinajstić information content (AvgIpc) is 2.97. The number of benzene rings is 1. The van der Waals surface area contributed by atoms with Crippen LogP contribution in [-0.4, -0.2) is 33.7 Å². The van der Waals surface area contributed by atoms with E-state index in [4.69, 9.17) is 0 Å². The Bertz CT molecular complexity index is 753. The molecule has 5 nitrogen and oxygen atoms in total. The van der Waals surface area contributed by atoms with Crippen molar-refractivity contribution in [3.05, 3.63) is 52.2 Å². The van der Waals surface area contributed by atoms with Crippen molar-refractivity contribution in [3.63, 3.8) is 0 Å². The van der Waals surface area contributed by atoms with Crippen molar-refractivity contribution in [1.29, 1.82) is 0 Å². The molecule has 0 amide bonds. The summed E-state index contributed by atoms with van der Waals surface area (Å²) in [5.41, 5.74) is 0. The highest BCUT2D eigenvalue weighted by Crippen LogP contribution is 2.14. The van der Waals surface area contributed by atoms with Gasteiger partial charge in [-0.3, -0.25) is 4.99 Å². The molecule has 0 fully saturated rings. The van der Waals surface area contributed by atoms with E-state index >= 15 is 0 Å². The van der Waals surface area contributed by atoms with Crippen LogP contribution in [-0.2, 0) is 16.4 Å². The monoisotopic (exact) mass is 351 g/mol. The highest BCUT2D eigenvalue weighted by atomic mass is 32.2. The number of rotatable bonds is 6. The lowest BCUT2D eigenvalue weighted by Crippen LogP contribution is -2.39. The van der Waals surface area contributed by atoms with Gasteiger partial charge in [0.05, 0.1) is 17.2 Å². The third-order valence-electron chi connectivity index (χ3n) is 3.22. The Morgan fingerprint density at radius 3 is 2.48 bits per heavy atom. The van der Waals surface area contributed by atoms with Crippen LogP contribution in [0.1, 0.15) is 9.75 Å². The van der Waals surface area contributed by atoms with Crippen molar-refractivity contribution in [2.24, 2.45) is 4.99 Å². The standard InChI is InChI=1S/C16H21N3O2S2/c1-13-8-9-14(22-13)12-19-16(17-2)18-10-11-23(20,21)15-6-4-3-5-7-15/h3-9H,10-12H2,1-2H3,(H2,17,18,19). The number of sulfone groups is 1. The molecule has 0 aliphatic heterocycles. The molecule has 0 radical (unpaired) electrons. The molecule has 0 atom stereocenters. The predicted molar refractivity (Wildman–Crippen MR) is 95.8 cm³/mol. The second-order valence-electron chi connectivity index (χ2n) is 5.00. The lowest BCUT2D eigenvalue weighted by Gasteiger charge is -2.11. The van der Waals surface area contributed by atoms with Crippen molar-refractivity contribution < 1.29 is 8.42 Å². The molecule has 0 bridgehead atoms. The van der Waals surface area contributed by atoms with Crippen LogP contribution in [0.25, 0.3) is 0 Å². The molecule has 2 aromatic rings. The number of thiophene rings is 1. The number of hydrogen-bond acceptors (Lipinski definition) is 4. The zero-order chi connectivity index (χ0) is 16.7. The summed E-state index contributed by atoms with van der Waals surface area (Å²) in [5, 5.41) is 6.22. The van der Waals surface area contributed by atoms with Gasteiger partial charge >= 0.3 is 0 Å². The smallest absolute Gasteiger partial charge is 0.191 e. The van der Waals surface area contributed by atoms with Crippen molar-refractivity contribution in [1.82, 2.24) is 10.6 Å². The van der Waals surface area contributed by atoms with Gasteiger partial charge in [-0.15, -0.1) is 11.3 Å². The number of guanidine groups is 1. The largest absolute Gasteiger partial charge is 0.355 e. The SMILES string of the molecule is CN=C(NCCS(=O)(=O)c1ccccc1)NCc1ccc(C)s1. The van der Waals surface area contributed by atoms with E-state index in [1.54, 1.807) is 48.7 Å². The van der Waals surface area contributed by atoms with Gasteiger partial charge in [0.2, 0.25) is 0 Å². The summed E-state index contributed by atoms with van der Waals surface area (Å²) in [4.78, 5) is 6.93. The van der Waals surface area contributed by atoms with E-state index in [0.717, 1.165) is 0 Å². The van der Waals surface area contributed by atoms with E-state index in [1.807, 2.05) is 0 Å². The molecular weight excluding hydrogens is 330 g/mol. The van der Waals surface area contributed by atoms with Gasteiger partial charge in [-0.25, -0.2) is 8.42 Å². The third kappa shape index (κ3) is 5.37. The van der Waals surface area contributed by atoms with Crippen LogP contribution in [0.3, 0.4) is 0 Å². The molecule has 2 N–H and O–H groups in total. The summed E-state index contributed by atoms with van der Waals surface area (Å²) in [6.07, 6.45) is 0. The van der Waals surface area contributed by atoms with Crippen LogP contribution in [0.15, 0.2) is 52.4 Å². The number of nitrogens with one attached hydrogen (secondary N) is 2. The zero-order valence-corrected chi connectivity index (χ0v) is 14.9. The molecule has 124 valence electrons. The first-order valence-electron chi connectivity index (χ1n) is 7.29. The van der Waals surface area contributed by atoms with Crippen LogP contribution in [0.2, 0.25) is 0 Å². The minimum absolute atomic E-state index is 0.0236. The molecule has 1 aromatic heterocycles. The quantitative estimate of drug-likeness (QED) is 0.618. The summed E-state index contributed by atoms with van der Waals surface area (Å²) < 4.78 is 24.4. The Morgan fingerprint density at radius 1 is 1.13 bits per heavy atom. The van der Waals surface area contributed by atoms with Crippen LogP contribution >= 0.6 is 11.3 Å². The summed E-state index contributed by atoms with van der Waals surface area (Å²) in [6.45, 7) is 3.04. The molecular formula is C16H21N3O2S2. The number of nitrogens with zero attached hydrogens (tertiary/aromatic N) is 1. The van der Waals surface area contributed by atoms with E-state index in [0.29, 0.717) is 23.9 Å². The van der Waals surface area contributed by atoms with Gasteiger partial charge < -0.3 is 10.6 Å². The molecule has 0 unspecified atom stereocenters. The highest BCUT2D eigenvalue weighted by molar-refractivity contribution is 7.91. The van der Waals surface area contributed by atoms with E-state index in [9.17, 15) is 8.42 Å². The second kappa shape index (κ2) is 8.12. The van der Waals surface area contributed by atoms with E-state index < -0.39 is 9.84 Å². The Kier molecular flexibility index (Phi) is 6.18. The summed E-state index contributed by atoms with van der Waals surface area (Å²) in [5.74, 6) is 0.620. The fraction of sp³-hybridized carbons (Fsp3) is 0.312. The van der Waals surface area contributed by atoms with E-state index in [1.165, 1.54) is 9.75 Å². The minimum Gasteiger partial charge on any atom is -0.355 e. The molecule has 7 heteroatoms. The minimum atomic E-state index is -3.27. The normalized spacial score (nSPS) is 12.2. The van der Waals surface area contributed by atoms with Gasteiger partial charge in [-0.05, 0) is 31.2 Å². The van der Waals surface area contributed by atoms with Crippen LogP contribution in [0.4, 0.5) is 0 Å². The van der Waals surface area contributed by atoms with Gasteiger partial charge in [0.15, 0.2) is 15.8 Å². The van der Waals surface area contributed by atoms with Crippen LogP contribution in [0.5, 0.6) is 0 Å². The molecule has 23 heavy (non-hydrogen) atoms. The maximum Gasteiger partial charge on any atom is 0.191 e. The van der Waals surface area contributed by atoms with E-state index in [-0.39, 0.29) is 5.75 Å². The zero-order valence-electron chi connectivity index (χ0n) is 13.2. The van der Waals surface area contributed by atoms with Crippen molar-refractivity contribution >= 4 is 27.1 Å². The molecule has 0 aliphatic rings. The van der Waals surface area contributed by atoms with Gasteiger partial charge in [0.1, 0.15) is 0 Å². The van der Waals surface area contributed by atoms with Gasteiger partial charge in [0, 0.05) is 23.3 Å².